The third-order valence-corrected chi connectivity index (χ3v) is 4.35. The van der Waals surface area contributed by atoms with Gasteiger partial charge in [-0.2, -0.15) is 0 Å². The van der Waals surface area contributed by atoms with Crippen LogP contribution in [0, 0.1) is 0 Å². The summed E-state index contributed by atoms with van der Waals surface area (Å²) in [5.74, 6) is 0.0878. The molecule has 0 radical (unpaired) electrons. The number of carbonyl (C=O) groups is 1. The van der Waals surface area contributed by atoms with Crippen molar-refractivity contribution in [3.63, 3.8) is 0 Å². The molecule has 0 heterocycles. The van der Waals surface area contributed by atoms with E-state index < -0.39 is 6.10 Å². The van der Waals surface area contributed by atoms with Gasteiger partial charge in [0.15, 0.2) is 0 Å². The van der Waals surface area contributed by atoms with Gasteiger partial charge in [-0.3, -0.25) is 0 Å². The highest BCUT2D eigenvalue weighted by molar-refractivity contribution is 6.01. The number of nitrogens with zero attached hydrogens (tertiary/aromatic N) is 1. The molecule has 2 amide bonds. The summed E-state index contributed by atoms with van der Waals surface area (Å²) in [7, 11) is 0. The lowest BCUT2D eigenvalue weighted by atomic mass is 10.1. The molecule has 3 rings (SSSR count). The zero-order valence-corrected chi connectivity index (χ0v) is 14.6. The van der Waals surface area contributed by atoms with Gasteiger partial charge < -0.3 is 20.4 Å². The van der Waals surface area contributed by atoms with Gasteiger partial charge in [-0.15, -0.1) is 0 Å². The Morgan fingerprint density at radius 1 is 1.08 bits per heavy atom. The van der Waals surface area contributed by atoms with Crippen LogP contribution in [-0.4, -0.2) is 34.2 Å². The lowest BCUT2D eigenvalue weighted by Crippen LogP contribution is -2.37. The van der Waals surface area contributed by atoms with Crippen LogP contribution in [0.3, 0.4) is 0 Å². The molecule has 0 saturated heterocycles. The molecule has 26 heavy (non-hydrogen) atoms. The van der Waals surface area contributed by atoms with E-state index in [1.54, 1.807) is 18.2 Å². The lowest BCUT2D eigenvalue weighted by molar-refractivity contribution is 0.128. The van der Waals surface area contributed by atoms with Gasteiger partial charge in [0.05, 0.1) is 18.3 Å². The second-order valence-corrected chi connectivity index (χ2v) is 6.11. The number of likely N-dealkylation sites (N-methyl/N-ethyl adjacent to an activating group) is 1. The molecule has 0 aliphatic heterocycles. The zero-order chi connectivity index (χ0) is 18.5. The van der Waals surface area contributed by atoms with E-state index in [1.165, 1.54) is 11.0 Å². The van der Waals surface area contributed by atoms with Gasteiger partial charge in [-0.25, -0.2) is 4.79 Å². The maximum atomic E-state index is 12.7. The standard InChI is InChI=1S/C21H22N2O3/c1-2-23(14-20(25)16-9-5-10-17(24)13-16)21(26)22-19-12-6-8-15-7-3-4-11-18(15)19/h3-13,20,24-25H,2,14H2,1H3,(H,22,26)/t20-/m0/s1. The molecule has 3 N–H and O–H groups in total. The maximum absolute atomic E-state index is 12.7. The number of aromatic hydroxyl groups is 1. The highest BCUT2D eigenvalue weighted by Gasteiger charge is 2.18. The maximum Gasteiger partial charge on any atom is 0.321 e. The van der Waals surface area contributed by atoms with Crippen LogP contribution in [0.4, 0.5) is 10.5 Å². The van der Waals surface area contributed by atoms with Gasteiger partial charge >= 0.3 is 6.03 Å². The van der Waals surface area contributed by atoms with E-state index in [1.807, 2.05) is 49.4 Å². The second-order valence-electron chi connectivity index (χ2n) is 6.11. The summed E-state index contributed by atoms with van der Waals surface area (Å²) in [6.07, 6.45) is -0.875. The zero-order valence-electron chi connectivity index (χ0n) is 14.6. The molecular weight excluding hydrogens is 328 g/mol. The van der Waals surface area contributed by atoms with Gasteiger partial charge in [-0.1, -0.05) is 48.5 Å². The van der Waals surface area contributed by atoms with Crippen molar-refractivity contribution in [2.45, 2.75) is 13.0 Å². The SMILES string of the molecule is CCN(C[C@H](O)c1cccc(O)c1)C(=O)Nc1cccc2ccccc12. The number of hydrogen-bond donors (Lipinski definition) is 3. The molecule has 5 nitrogen and oxygen atoms in total. The van der Waals surface area contributed by atoms with Gasteiger partial charge in [0, 0.05) is 11.9 Å². The molecule has 0 aliphatic rings. The predicted molar refractivity (Wildman–Crippen MR) is 103 cm³/mol. The molecule has 0 bridgehead atoms. The number of amides is 2. The first-order valence-electron chi connectivity index (χ1n) is 8.59. The molecule has 0 saturated carbocycles. The fourth-order valence-electron chi connectivity index (χ4n) is 2.93. The summed E-state index contributed by atoms with van der Waals surface area (Å²) in [5.41, 5.74) is 1.31. The lowest BCUT2D eigenvalue weighted by Gasteiger charge is -2.25. The summed E-state index contributed by atoms with van der Waals surface area (Å²) in [4.78, 5) is 14.2. The van der Waals surface area contributed by atoms with E-state index >= 15 is 0 Å². The number of aliphatic hydroxyl groups excluding tert-OH is 1. The van der Waals surface area contributed by atoms with Crippen LogP contribution in [0.15, 0.2) is 66.7 Å². The Morgan fingerprint density at radius 3 is 2.58 bits per heavy atom. The first kappa shape index (κ1) is 17.8. The van der Waals surface area contributed by atoms with Crippen molar-refractivity contribution in [2.24, 2.45) is 0 Å². The van der Waals surface area contributed by atoms with E-state index in [2.05, 4.69) is 5.32 Å². The van der Waals surface area contributed by atoms with Crippen LogP contribution in [0.25, 0.3) is 10.8 Å². The van der Waals surface area contributed by atoms with Crippen molar-refractivity contribution in [3.8, 4) is 5.75 Å². The number of anilines is 1. The Labute approximate surface area is 152 Å². The summed E-state index contributed by atoms with van der Waals surface area (Å²) in [6, 6.07) is 19.8. The average molecular weight is 350 g/mol. The molecule has 1 atom stereocenters. The Bertz CT molecular complexity index is 905. The Balaban J connectivity index is 1.74. The van der Waals surface area contributed by atoms with Crippen molar-refractivity contribution in [1.82, 2.24) is 4.90 Å². The summed E-state index contributed by atoms with van der Waals surface area (Å²) in [5, 5.41) is 24.9. The van der Waals surface area contributed by atoms with E-state index in [0.29, 0.717) is 12.1 Å². The molecule has 0 aromatic heterocycles. The highest BCUT2D eigenvalue weighted by atomic mass is 16.3. The number of fused-ring (bicyclic) bond motifs is 1. The number of nitrogens with one attached hydrogen (secondary N) is 1. The number of hydrogen-bond acceptors (Lipinski definition) is 3. The van der Waals surface area contributed by atoms with Crippen LogP contribution >= 0.6 is 0 Å². The average Bonchev–Trinajstić information content (AvgIpc) is 2.66. The van der Waals surface area contributed by atoms with E-state index in [-0.39, 0.29) is 18.3 Å². The van der Waals surface area contributed by atoms with Crippen LogP contribution in [0.1, 0.15) is 18.6 Å². The minimum absolute atomic E-state index is 0.0878. The van der Waals surface area contributed by atoms with Crippen molar-refractivity contribution < 1.29 is 15.0 Å². The summed E-state index contributed by atoms with van der Waals surface area (Å²) in [6.45, 7) is 2.45. The molecule has 0 aliphatic carbocycles. The number of aliphatic hydroxyl groups is 1. The Hall–Kier alpha value is -3.05. The fraction of sp³-hybridized carbons (Fsp3) is 0.190. The molecule has 3 aromatic rings. The largest absolute Gasteiger partial charge is 0.508 e. The van der Waals surface area contributed by atoms with Crippen molar-refractivity contribution in [3.05, 3.63) is 72.3 Å². The monoisotopic (exact) mass is 350 g/mol. The number of carbonyl (C=O) groups excluding carboxylic acids is 1. The third-order valence-electron chi connectivity index (χ3n) is 4.35. The van der Waals surface area contributed by atoms with Crippen LogP contribution < -0.4 is 5.32 Å². The summed E-state index contributed by atoms with van der Waals surface area (Å²) >= 11 is 0. The smallest absolute Gasteiger partial charge is 0.321 e. The number of urea groups is 1. The van der Waals surface area contributed by atoms with Gasteiger partial charge in [-0.05, 0) is 36.1 Å². The topological polar surface area (TPSA) is 72.8 Å². The number of phenols is 1. The minimum atomic E-state index is -0.875. The molecule has 0 fully saturated rings. The molecule has 134 valence electrons. The normalized spacial score (nSPS) is 11.9. The van der Waals surface area contributed by atoms with E-state index in [0.717, 1.165) is 16.5 Å². The Morgan fingerprint density at radius 2 is 1.81 bits per heavy atom. The van der Waals surface area contributed by atoms with E-state index in [4.69, 9.17) is 0 Å². The fourth-order valence-corrected chi connectivity index (χ4v) is 2.93. The summed E-state index contributed by atoms with van der Waals surface area (Å²) < 4.78 is 0. The Kier molecular flexibility index (Phi) is 5.39. The molecule has 0 spiro atoms. The van der Waals surface area contributed by atoms with E-state index in [9.17, 15) is 15.0 Å². The van der Waals surface area contributed by atoms with Gasteiger partial charge in [0.1, 0.15) is 5.75 Å². The second kappa shape index (κ2) is 7.89. The van der Waals surface area contributed by atoms with Crippen molar-refractivity contribution >= 4 is 22.5 Å². The molecule has 0 unspecified atom stereocenters. The molecular formula is C21H22N2O3. The molecule has 3 aromatic carbocycles. The van der Waals surface area contributed by atoms with Crippen molar-refractivity contribution in [1.29, 1.82) is 0 Å². The van der Waals surface area contributed by atoms with Crippen LogP contribution in [0.2, 0.25) is 0 Å². The molecule has 5 heteroatoms. The third kappa shape index (κ3) is 3.95. The van der Waals surface area contributed by atoms with Crippen LogP contribution in [0.5, 0.6) is 5.75 Å². The number of benzene rings is 3. The van der Waals surface area contributed by atoms with Gasteiger partial charge in [0.2, 0.25) is 0 Å². The minimum Gasteiger partial charge on any atom is -0.508 e. The highest BCUT2D eigenvalue weighted by Crippen LogP contribution is 2.24. The number of phenolic OH excluding ortho intramolecular Hbond substituents is 1. The van der Waals surface area contributed by atoms with Crippen molar-refractivity contribution in [2.75, 3.05) is 18.4 Å². The van der Waals surface area contributed by atoms with Gasteiger partial charge in [0.25, 0.3) is 0 Å². The number of rotatable bonds is 5. The predicted octanol–water partition coefficient (Wildman–Crippen LogP) is 4.13. The first-order valence-corrected chi connectivity index (χ1v) is 8.59. The van der Waals surface area contributed by atoms with Crippen LogP contribution in [-0.2, 0) is 0 Å². The first-order chi connectivity index (χ1) is 12.6. The quantitative estimate of drug-likeness (QED) is 0.648.